The van der Waals surface area contributed by atoms with E-state index in [0.29, 0.717) is 17.0 Å². The van der Waals surface area contributed by atoms with E-state index in [1.165, 1.54) is 6.20 Å². The Kier molecular flexibility index (Phi) is 1.83. The molecule has 0 aliphatic carbocycles. The lowest BCUT2D eigenvalue weighted by Gasteiger charge is -1.97. The first-order valence-electron chi connectivity index (χ1n) is 4.79. The average Bonchev–Trinajstić information content (AvgIpc) is 2.73. The summed E-state index contributed by atoms with van der Waals surface area (Å²) < 4.78 is 0. The third-order valence-electron chi connectivity index (χ3n) is 2.31. The van der Waals surface area contributed by atoms with Crippen LogP contribution < -0.4 is 0 Å². The van der Waals surface area contributed by atoms with E-state index >= 15 is 0 Å². The summed E-state index contributed by atoms with van der Waals surface area (Å²) in [4.78, 5) is 15.3. The molecule has 0 radical (unpaired) electrons. The maximum atomic E-state index is 9.65. The lowest BCUT2D eigenvalue weighted by Crippen LogP contribution is -1.82. The normalized spacial score (nSPS) is 10.8. The summed E-state index contributed by atoms with van der Waals surface area (Å²) in [7, 11) is 0. The average molecular weight is 212 g/mol. The van der Waals surface area contributed by atoms with Crippen molar-refractivity contribution in [1.82, 2.24) is 19.9 Å². The predicted molar refractivity (Wildman–Crippen MR) is 58.8 cm³/mol. The lowest BCUT2D eigenvalue weighted by molar-refractivity contribution is 0.474. The fourth-order valence-electron chi connectivity index (χ4n) is 1.56. The molecule has 0 spiro atoms. The highest BCUT2D eigenvalue weighted by molar-refractivity contribution is 5.77. The Hall–Kier alpha value is -2.43. The van der Waals surface area contributed by atoms with Gasteiger partial charge >= 0.3 is 0 Å². The van der Waals surface area contributed by atoms with E-state index < -0.39 is 0 Å². The molecule has 3 aromatic heterocycles. The van der Waals surface area contributed by atoms with Gasteiger partial charge in [0, 0.05) is 12.4 Å². The van der Waals surface area contributed by atoms with Crippen LogP contribution in [-0.2, 0) is 0 Å². The molecule has 5 nitrogen and oxygen atoms in total. The molecule has 0 saturated heterocycles. The van der Waals surface area contributed by atoms with Gasteiger partial charge in [0.25, 0.3) is 0 Å². The van der Waals surface area contributed by atoms with E-state index in [4.69, 9.17) is 0 Å². The van der Waals surface area contributed by atoms with Gasteiger partial charge in [-0.2, -0.15) is 0 Å². The van der Waals surface area contributed by atoms with Crippen LogP contribution in [0.1, 0.15) is 0 Å². The molecule has 0 aliphatic rings. The molecule has 0 bridgehead atoms. The number of fused-ring (bicyclic) bond motifs is 1. The Morgan fingerprint density at radius 3 is 2.94 bits per heavy atom. The van der Waals surface area contributed by atoms with E-state index in [1.54, 1.807) is 18.5 Å². The molecule has 0 unspecified atom stereocenters. The first-order valence-corrected chi connectivity index (χ1v) is 4.79. The van der Waals surface area contributed by atoms with Crippen LogP contribution in [0.4, 0.5) is 0 Å². The number of nitrogens with zero attached hydrogens (tertiary/aromatic N) is 3. The number of nitrogens with one attached hydrogen (secondary N) is 1. The van der Waals surface area contributed by atoms with Gasteiger partial charge in [-0.15, -0.1) is 0 Å². The van der Waals surface area contributed by atoms with Gasteiger partial charge in [-0.3, -0.25) is 4.98 Å². The second-order valence-corrected chi connectivity index (χ2v) is 3.35. The molecule has 0 fully saturated rings. The van der Waals surface area contributed by atoms with E-state index in [0.717, 1.165) is 5.52 Å². The number of H-pyrrole nitrogens is 1. The van der Waals surface area contributed by atoms with Gasteiger partial charge in [0.15, 0.2) is 5.65 Å². The largest absolute Gasteiger partial charge is 0.506 e. The second kappa shape index (κ2) is 3.30. The van der Waals surface area contributed by atoms with Gasteiger partial charge in [-0.05, 0) is 18.2 Å². The van der Waals surface area contributed by atoms with Gasteiger partial charge in [0.2, 0.25) is 0 Å². The van der Waals surface area contributed by atoms with Gasteiger partial charge in [0.1, 0.15) is 11.6 Å². The zero-order chi connectivity index (χ0) is 11.0. The third-order valence-corrected chi connectivity index (χ3v) is 2.31. The summed E-state index contributed by atoms with van der Waals surface area (Å²) in [5.41, 5.74) is 2.09. The Bertz CT molecular complexity index is 614. The van der Waals surface area contributed by atoms with Gasteiger partial charge in [0.05, 0.1) is 17.3 Å². The molecule has 3 rings (SSSR count). The molecule has 0 amide bonds. The van der Waals surface area contributed by atoms with Gasteiger partial charge in [-0.1, -0.05) is 0 Å². The molecular weight excluding hydrogens is 204 g/mol. The number of hydrogen-bond donors (Lipinski definition) is 2. The highest BCUT2D eigenvalue weighted by atomic mass is 16.3. The lowest BCUT2D eigenvalue weighted by atomic mass is 10.2. The summed E-state index contributed by atoms with van der Waals surface area (Å²) in [5, 5.41) is 9.65. The fraction of sp³-hybridized carbons (Fsp3) is 0. The maximum absolute atomic E-state index is 9.65. The van der Waals surface area contributed by atoms with Crippen molar-refractivity contribution in [2.24, 2.45) is 0 Å². The number of hydrogen-bond acceptors (Lipinski definition) is 4. The molecular formula is C11H8N4O. The van der Waals surface area contributed by atoms with Gasteiger partial charge < -0.3 is 10.1 Å². The Labute approximate surface area is 90.8 Å². The highest BCUT2D eigenvalue weighted by Gasteiger charge is 2.09. The minimum atomic E-state index is 0.0987. The molecule has 0 aromatic carbocycles. The first-order chi connectivity index (χ1) is 7.84. The summed E-state index contributed by atoms with van der Waals surface area (Å²) in [6.45, 7) is 0. The predicted octanol–water partition coefficient (Wildman–Crippen LogP) is 1.73. The summed E-state index contributed by atoms with van der Waals surface area (Å²) in [5.74, 6) is 0.690. The number of aromatic hydroxyl groups is 1. The minimum absolute atomic E-state index is 0.0987. The van der Waals surface area contributed by atoms with Crippen LogP contribution in [0.3, 0.4) is 0 Å². The molecule has 5 heteroatoms. The van der Waals surface area contributed by atoms with Crippen molar-refractivity contribution < 1.29 is 5.11 Å². The van der Waals surface area contributed by atoms with Gasteiger partial charge in [-0.25, -0.2) is 9.97 Å². The molecule has 0 aliphatic heterocycles. The molecule has 3 aromatic rings. The monoisotopic (exact) mass is 212 g/mol. The van der Waals surface area contributed by atoms with Crippen molar-refractivity contribution in [3.05, 3.63) is 36.8 Å². The number of aromatic nitrogens is 4. The SMILES string of the molecule is Oc1cnccc1-c1nc2ncccc2[nH]1. The number of pyridine rings is 2. The zero-order valence-electron chi connectivity index (χ0n) is 8.25. The Balaban J connectivity index is 2.23. The topological polar surface area (TPSA) is 74.7 Å². The van der Waals surface area contributed by atoms with Crippen LogP contribution >= 0.6 is 0 Å². The second-order valence-electron chi connectivity index (χ2n) is 3.35. The smallest absolute Gasteiger partial charge is 0.178 e. The maximum Gasteiger partial charge on any atom is 0.178 e. The highest BCUT2D eigenvalue weighted by Crippen LogP contribution is 2.26. The third kappa shape index (κ3) is 1.30. The fourth-order valence-corrected chi connectivity index (χ4v) is 1.56. The van der Waals surface area contributed by atoms with E-state index in [9.17, 15) is 5.11 Å². The van der Waals surface area contributed by atoms with Crippen molar-refractivity contribution in [2.75, 3.05) is 0 Å². The van der Waals surface area contributed by atoms with Crippen molar-refractivity contribution in [2.45, 2.75) is 0 Å². The number of imidazole rings is 1. The van der Waals surface area contributed by atoms with Crippen LogP contribution in [0.2, 0.25) is 0 Å². The van der Waals surface area contributed by atoms with Crippen molar-refractivity contribution >= 4 is 11.2 Å². The number of rotatable bonds is 1. The van der Waals surface area contributed by atoms with Crippen LogP contribution in [0.15, 0.2) is 36.8 Å². The van der Waals surface area contributed by atoms with Crippen LogP contribution in [-0.4, -0.2) is 25.0 Å². The molecule has 2 N–H and O–H groups in total. The van der Waals surface area contributed by atoms with E-state index in [1.807, 2.05) is 12.1 Å². The van der Waals surface area contributed by atoms with Crippen LogP contribution in [0, 0.1) is 0 Å². The minimum Gasteiger partial charge on any atom is -0.506 e. The molecule has 16 heavy (non-hydrogen) atoms. The van der Waals surface area contributed by atoms with Crippen LogP contribution in [0.5, 0.6) is 5.75 Å². The van der Waals surface area contributed by atoms with Crippen molar-refractivity contribution in [3.8, 4) is 17.1 Å². The summed E-state index contributed by atoms with van der Waals surface area (Å²) in [6.07, 6.45) is 4.67. The van der Waals surface area contributed by atoms with E-state index in [2.05, 4.69) is 19.9 Å². The molecule has 3 heterocycles. The molecule has 0 atom stereocenters. The molecule has 0 saturated carbocycles. The zero-order valence-corrected chi connectivity index (χ0v) is 8.25. The summed E-state index contributed by atoms with van der Waals surface area (Å²) >= 11 is 0. The standard InChI is InChI=1S/C11H8N4O/c16-9-6-12-5-3-7(9)10-14-8-2-1-4-13-11(8)15-10/h1-6,16H,(H,13,14,15). The Morgan fingerprint density at radius 2 is 2.12 bits per heavy atom. The molecule has 78 valence electrons. The van der Waals surface area contributed by atoms with Crippen molar-refractivity contribution in [3.63, 3.8) is 0 Å². The quantitative estimate of drug-likeness (QED) is 0.644. The first kappa shape index (κ1) is 8.84. The number of aromatic amines is 1. The van der Waals surface area contributed by atoms with Crippen LogP contribution in [0.25, 0.3) is 22.6 Å². The summed E-state index contributed by atoms with van der Waals surface area (Å²) in [6, 6.07) is 5.42. The van der Waals surface area contributed by atoms with E-state index in [-0.39, 0.29) is 5.75 Å². The Morgan fingerprint density at radius 1 is 1.19 bits per heavy atom. The van der Waals surface area contributed by atoms with Crippen molar-refractivity contribution in [1.29, 1.82) is 0 Å².